The van der Waals surface area contributed by atoms with Crippen molar-refractivity contribution < 1.29 is 22.3 Å². The third-order valence-corrected chi connectivity index (χ3v) is 6.19. The number of ether oxygens (including phenoxy) is 1. The molecule has 0 bridgehead atoms. The maximum Gasteiger partial charge on any atom is 0.573 e. The van der Waals surface area contributed by atoms with Crippen LogP contribution < -0.4 is 4.74 Å². The molecule has 1 aliphatic carbocycles. The molecule has 2 rings (SSSR count). The Kier molecular flexibility index (Phi) is 9.10. The number of alkyl halides is 3. The van der Waals surface area contributed by atoms with Gasteiger partial charge in [0.15, 0.2) is 11.6 Å². The first kappa shape index (κ1) is 23.0. The fourth-order valence-electron chi connectivity index (χ4n) is 4.50. The minimum Gasteiger partial charge on any atom is -0.403 e. The van der Waals surface area contributed by atoms with E-state index in [1.807, 2.05) is 0 Å². The molecule has 0 heterocycles. The smallest absolute Gasteiger partial charge is 0.403 e. The van der Waals surface area contributed by atoms with Crippen LogP contribution in [0.1, 0.15) is 83.6 Å². The third kappa shape index (κ3) is 8.00. The zero-order chi connectivity index (χ0) is 20.6. The highest BCUT2D eigenvalue weighted by Crippen LogP contribution is 2.37. The minimum absolute atomic E-state index is 0.402. The SMILES string of the molecule is CCCCCCCC1CCC(C(C)Cc2ccc(OC(F)(F)F)c(F)c2)CC1. The van der Waals surface area contributed by atoms with Crippen molar-refractivity contribution in [2.45, 2.75) is 90.8 Å². The summed E-state index contributed by atoms with van der Waals surface area (Å²) < 4.78 is 54.3. The van der Waals surface area contributed by atoms with Gasteiger partial charge in [0, 0.05) is 0 Å². The monoisotopic (exact) mass is 402 g/mol. The Hall–Kier alpha value is -1.26. The van der Waals surface area contributed by atoms with E-state index in [1.165, 1.54) is 70.3 Å². The van der Waals surface area contributed by atoms with Crippen LogP contribution in [-0.2, 0) is 6.42 Å². The van der Waals surface area contributed by atoms with Gasteiger partial charge in [-0.05, 0) is 54.7 Å². The van der Waals surface area contributed by atoms with Crippen LogP contribution in [-0.4, -0.2) is 6.36 Å². The van der Waals surface area contributed by atoms with Crippen LogP contribution in [0.2, 0.25) is 0 Å². The Bertz CT molecular complexity index is 576. The van der Waals surface area contributed by atoms with E-state index in [4.69, 9.17) is 0 Å². The van der Waals surface area contributed by atoms with Crippen molar-refractivity contribution in [3.63, 3.8) is 0 Å². The Labute approximate surface area is 166 Å². The van der Waals surface area contributed by atoms with Gasteiger partial charge in [-0.2, -0.15) is 0 Å². The maximum absolute atomic E-state index is 13.9. The summed E-state index contributed by atoms with van der Waals surface area (Å²) in [5, 5.41) is 0. The topological polar surface area (TPSA) is 9.23 Å². The Balaban J connectivity index is 1.75. The van der Waals surface area contributed by atoms with E-state index >= 15 is 0 Å². The second-order valence-corrected chi connectivity index (χ2v) is 8.48. The van der Waals surface area contributed by atoms with Crippen molar-refractivity contribution in [2.24, 2.45) is 17.8 Å². The van der Waals surface area contributed by atoms with Gasteiger partial charge in [-0.15, -0.1) is 13.2 Å². The molecule has 0 saturated heterocycles. The van der Waals surface area contributed by atoms with Crippen molar-refractivity contribution in [3.05, 3.63) is 29.6 Å². The van der Waals surface area contributed by atoms with Crippen LogP contribution in [0.4, 0.5) is 17.6 Å². The Morgan fingerprint density at radius 3 is 2.32 bits per heavy atom. The van der Waals surface area contributed by atoms with E-state index in [9.17, 15) is 17.6 Å². The molecule has 160 valence electrons. The van der Waals surface area contributed by atoms with Crippen molar-refractivity contribution in [1.29, 1.82) is 0 Å². The summed E-state index contributed by atoms with van der Waals surface area (Å²) in [4.78, 5) is 0. The lowest BCUT2D eigenvalue weighted by Crippen LogP contribution is -2.21. The molecular weight excluding hydrogens is 368 g/mol. The predicted octanol–water partition coefficient (Wildman–Crippen LogP) is 8.07. The van der Waals surface area contributed by atoms with Gasteiger partial charge in [0.05, 0.1) is 0 Å². The average Bonchev–Trinajstić information content (AvgIpc) is 2.63. The molecule has 0 radical (unpaired) electrons. The minimum atomic E-state index is -4.87. The zero-order valence-electron chi connectivity index (χ0n) is 17.2. The number of rotatable bonds is 10. The van der Waals surface area contributed by atoms with Crippen LogP contribution in [0, 0.1) is 23.6 Å². The van der Waals surface area contributed by atoms with Gasteiger partial charge in [0.2, 0.25) is 0 Å². The highest BCUT2D eigenvalue weighted by molar-refractivity contribution is 5.29. The summed E-state index contributed by atoms with van der Waals surface area (Å²) in [5.41, 5.74) is 0.734. The number of hydrogen-bond donors (Lipinski definition) is 0. The van der Waals surface area contributed by atoms with Gasteiger partial charge in [-0.3, -0.25) is 0 Å². The highest BCUT2D eigenvalue weighted by Gasteiger charge is 2.32. The van der Waals surface area contributed by atoms with E-state index in [0.717, 1.165) is 17.5 Å². The molecule has 1 aromatic rings. The lowest BCUT2D eigenvalue weighted by molar-refractivity contribution is -0.275. The molecule has 28 heavy (non-hydrogen) atoms. The maximum atomic E-state index is 13.9. The first-order valence-electron chi connectivity index (χ1n) is 10.8. The average molecular weight is 403 g/mol. The van der Waals surface area contributed by atoms with E-state index in [0.29, 0.717) is 18.3 Å². The molecule has 1 unspecified atom stereocenters. The first-order valence-corrected chi connectivity index (χ1v) is 10.8. The predicted molar refractivity (Wildman–Crippen MR) is 105 cm³/mol. The van der Waals surface area contributed by atoms with E-state index in [2.05, 4.69) is 18.6 Å². The lowest BCUT2D eigenvalue weighted by atomic mass is 9.73. The van der Waals surface area contributed by atoms with E-state index < -0.39 is 17.9 Å². The highest BCUT2D eigenvalue weighted by atomic mass is 19.4. The molecule has 0 N–H and O–H groups in total. The molecule has 1 aliphatic rings. The number of benzene rings is 1. The molecule has 1 saturated carbocycles. The molecule has 1 fully saturated rings. The molecule has 0 aliphatic heterocycles. The fourth-order valence-corrected chi connectivity index (χ4v) is 4.50. The van der Waals surface area contributed by atoms with Gasteiger partial charge < -0.3 is 4.74 Å². The number of hydrogen-bond acceptors (Lipinski definition) is 1. The second-order valence-electron chi connectivity index (χ2n) is 8.48. The van der Waals surface area contributed by atoms with Crippen LogP contribution in [0.25, 0.3) is 0 Å². The van der Waals surface area contributed by atoms with Gasteiger partial charge in [-0.25, -0.2) is 4.39 Å². The first-order chi connectivity index (χ1) is 13.3. The summed E-state index contributed by atoms with van der Waals surface area (Å²) >= 11 is 0. The van der Waals surface area contributed by atoms with Crippen molar-refractivity contribution in [2.75, 3.05) is 0 Å². The van der Waals surface area contributed by atoms with Crippen molar-refractivity contribution >= 4 is 0 Å². The fraction of sp³-hybridized carbons (Fsp3) is 0.739. The Morgan fingerprint density at radius 2 is 1.71 bits per heavy atom. The van der Waals surface area contributed by atoms with Gasteiger partial charge in [0.25, 0.3) is 0 Å². The standard InChI is InChI=1S/C23H34F4O/c1-3-4-5-6-7-8-18-9-12-20(13-10-18)17(2)15-19-11-14-22(21(24)16-19)28-23(25,26)27/h11,14,16-18,20H,3-10,12-13,15H2,1-2H3. The van der Waals surface area contributed by atoms with Crippen LogP contribution >= 0.6 is 0 Å². The largest absolute Gasteiger partial charge is 0.573 e. The number of halogens is 4. The van der Waals surface area contributed by atoms with Gasteiger partial charge in [-0.1, -0.05) is 71.3 Å². The quantitative estimate of drug-likeness (QED) is 0.284. The van der Waals surface area contributed by atoms with Crippen LogP contribution in [0.15, 0.2) is 18.2 Å². The Morgan fingerprint density at radius 1 is 1.04 bits per heavy atom. The van der Waals surface area contributed by atoms with Gasteiger partial charge >= 0.3 is 6.36 Å². The molecule has 1 aromatic carbocycles. The van der Waals surface area contributed by atoms with E-state index in [-0.39, 0.29) is 0 Å². The van der Waals surface area contributed by atoms with E-state index in [1.54, 1.807) is 6.07 Å². The second kappa shape index (κ2) is 11.1. The third-order valence-electron chi connectivity index (χ3n) is 6.19. The summed E-state index contributed by atoms with van der Waals surface area (Å²) in [6, 6.07) is 3.81. The summed E-state index contributed by atoms with van der Waals surface area (Å²) in [6.45, 7) is 4.41. The molecule has 0 spiro atoms. The lowest BCUT2D eigenvalue weighted by Gasteiger charge is -2.32. The van der Waals surface area contributed by atoms with Crippen molar-refractivity contribution in [3.8, 4) is 5.75 Å². The molecular formula is C23H34F4O. The summed E-state index contributed by atoms with van der Waals surface area (Å²) in [5.74, 6) is 0.156. The molecule has 5 heteroatoms. The molecule has 0 amide bonds. The summed E-state index contributed by atoms with van der Waals surface area (Å²) in [7, 11) is 0. The number of unbranched alkanes of at least 4 members (excludes halogenated alkanes) is 4. The molecule has 1 atom stereocenters. The molecule has 1 nitrogen and oxygen atoms in total. The van der Waals surface area contributed by atoms with Crippen LogP contribution in [0.3, 0.4) is 0 Å². The molecule has 0 aromatic heterocycles. The zero-order valence-corrected chi connectivity index (χ0v) is 17.2. The summed E-state index contributed by atoms with van der Waals surface area (Å²) in [6.07, 6.45) is 8.80. The van der Waals surface area contributed by atoms with Gasteiger partial charge in [0.1, 0.15) is 0 Å². The van der Waals surface area contributed by atoms with Crippen molar-refractivity contribution in [1.82, 2.24) is 0 Å². The normalized spacial score (nSPS) is 21.5. The van der Waals surface area contributed by atoms with Crippen LogP contribution in [0.5, 0.6) is 5.75 Å².